The molecule has 0 amide bonds. The standard InChI is InChI=1S/C16H24ClFN2O/c1-21-8-6-19-10-13-3-2-7-20(11-13)12-14-9-15(18)4-5-16(14)17/h4-5,9,13,19H,2-3,6-8,10-12H2,1H3. The molecule has 21 heavy (non-hydrogen) atoms. The first-order valence-electron chi connectivity index (χ1n) is 7.55. The zero-order valence-corrected chi connectivity index (χ0v) is 13.3. The molecule has 1 aliphatic heterocycles. The van der Waals surface area contributed by atoms with Gasteiger partial charge in [0.15, 0.2) is 0 Å². The molecule has 0 aliphatic carbocycles. The number of hydrogen-bond acceptors (Lipinski definition) is 3. The Morgan fingerprint density at radius 1 is 1.48 bits per heavy atom. The third-order valence-electron chi connectivity index (χ3n) is 3.92. The van der Waals surface area contributed by atoms with E-state index in [0.717, 1.165) is 44.9 Å². The van der Waals surface area contributed by atoms with Gasteiger partial charge in [-0.25, -0.2) is 4.39 Å². The number of halogens is 2. The lowest BCUT2D eigenvalue weighted by atomic mass is 9.97. The maximum Gasteiger partial charge on any atom is 0.123 e. The predicted octanol–water partition coefficient (Wildman–Crippen LogP) is 2.93. The summed E-state index contributed by atoms with van der Waals surface area (Å²) in [6, 6.07) is 4.59. The maximum absolute atomic E-state index is 13.3. The van der Waals surface area contributed by atoms with E-state index < -0.39 is 0 Å². The summed E-state index contributed by atoms with van der Waals surface area (Å²) in [5.41, 5.74) is 0.879. The molecule has 1 aliphatic rings. The molecule has 1 fully saturated rings. The van der Waals surface area contributed by atoms with Crippen LogP contribution in [0.2, 0.25) is 5.02 Å². The van der Waals surface area contributed by atoms with Crippen molar-refractivity contribution in [3.05, 3.63) is 34.6 Å². The molecule has 1 unspecified atom stereocenters. The van der Waals surface area contributed by atoms with Crippen molar-refractivity contribution in [1.82, 2.24) is 10.2 Å². The van der Waals surface area contributed by atoms with Gasteiger partial charge in [0.1, 0.15) is 5.82 Å². The molecule has 1 saturated heterocycles. The average Bonchev–Trinajstić information content (AvgIpc) is 2.48. The molecule has 1 atom stereocenters. The molecule has 0 spiro atoms. The first-order valence-corrected chi connectivity index (χ1v) is 7.92. The van der Waals surface area contributed by atoms with Crippen molar-refractivity contribution < 1.29 is 9.13 Å². The molecule has 2 rings (SSSR count). The Hall–Kier alpha value is -0.680. The summed E-state index contributed by atoms with van der Waals surface area (Å²) in [6.45, 7) is 5.47. The number of ether oxygens (including phenoxy) is 1. The van der Waals surface area contributed by atoms with Crippen molar-refractivity contribution in [2.24, 2.45) is 5.92 Å². The van der Waals surface area contributed by atoms with E-state index in [-0.39, 0.29) is 5.82 Å². The molecular formula is C16H24ClFN2O. The minimum absolute atomic E-state index is 0.218. The third-order valence-corrected chi connectivity index (χ3v) is 4.29. The molecule has 0 aromatic heterocycles. The van der Waals surface area contributed by atoms with Crippen LogP contribution in [0.5, 0.6) is 0 Å². The first-order chi connectivity index (χ1) is 10.2. The van der Waals surface area contributed by atoms with Gasteiger partial charge in [-0.2, -0.15) is 0 Å². The van der Waals surface area contributed by atoms with Gasteiger partial charge in [0.2, 0.25) is 0 Å². The van der Waals surface area contributed by atoms with Crippen LogP contribution in [0.4, 0.5) is 4.39 Å². The highest BCUT2D eigenvalue weighted by Crippen LogP contribution is 2.22. The van der Waals surface area contributed by atoms with Crippen molar-refractivity contribution in [2.45, 2.75) is 19.4 Å². The molecular weight excluding hydrogens is 291 g/mol. The van der Waals surface area contributed by atoms with Crippen LogP contribution in [0.1, 0.15) is 18.4 Å². The van der Waals surface area contributed by atoms with Gasteiger partial charge in [-0.05, 0) is 55.6 Å². The Kier molecular flexibility index (Phi) is 6.90. The minimum atomic E-state index is -0.218. The highest BCUT2D eigenvalue weighted by Gasteiger charge is 2.20. The van der Waals surface area contributed by atoms with Gasteiger partial charge in [-0.3, -0.25) is 4.90 Å². The quantitative estimate of drug-likeness (QED) is 0.783. The second-order valence-electron chi connectivity index (χ2n) is 5.68. The fraction of sp³-hybridized carbons (Fsp3) is 0.625. The number of hydrogen-bond donors (Lipinski definition) is 1. The molecule has 1 heterocycles. The fourth-order valence-electron chi connectivity index (χ4n) is 2.85. The summed E-state index contributed by atoms with van der Waals surface area (Å²) in [5, 5.41) is 4.07. The van der Waals surface area contributed by atoms with Gasteiger partial charge in [-0.15, -0.1) is 0 Å². The van der Waals surface area contributed by atoms with E-state index in [1.807, 2.05) is 0 Å². The second-order valence-corrected chi connectivity index (χ2v) is 6.08. The molecule has 1 N–H and O–H groups in total. The number of nitrogens with one attached hydrogen (secondary N) is 1. The Morgan fingerprint density at radius 2 is 2.33 bits per heavy atom. The van der Waals surface area contributed by atoms with E-state index in [0.29, 0.717) is 10.9 Å². The van der Waals surface area contributed by atoms with Gasteiger partial charge in [0.25, 0.3) is 0 Å². The normalized spacial score (nSPS) is 19.9. The molecule has 1 aromatic rings. The monoisotopic (exact) mass is 314 g/mol. The van der Waals surface area contributed by atoms with Crippen LogP contribution in [-0.4, -0.2) is 44.8 Å². The molecule has 3 nitrogen and oxygen atoms in total. The number of likely N-dealkylation sites (tertiary alicyclic amines) is 1. The van der Waals surface area contributed by atoms with Crippen LogP contribution in [0.15, 0.2) is 18.2 Å². The predicted molar refractivity (Wildman–Crippen MR) is 84.2 cm³/mol. The number of rotatable bonds is 7. The summed E-state index contributed by atoms with van der Waals surface area (Å²) in [4.78, 5) is 2.37. The van der Waals surface area contributed by atoms with Gasteiger partial charge in [0, 0.05) is 31.8 Å². The second kappa shape index (κ2) is 8.69. The van der Waals surface area contributed by atoms with E-state index in [1.54, 1.807) is 19.2 Å². The van der Waals surface area contributed by atoms with E-state index >= 15 is 0 Å². The van der Waals surface area contributed by atoms with Gasteiger partial charge < -0.3 is 10.1 Å². The first kappa shape index (κ1) is 16.7. The minimum Gasteiger partial charge on any atom is -0.383 e. The molecule has 0 saturated carbocycles. The van der Waals surface area contributed by atoms with Crippen LogP contribution < -0.4 is 5.32 Å². The van der Waals surface area contributed by atoms with Crippen molar-refractivity contribution in [3.63, 3.8) is 0 Å². The highest BCUT2D eigenvalue weighted by atomic mass is 35.5. The lowest BCUT2D eigenvalue weighted by molar-refractivity contribution is 0.159. The Labute approximate surface area is 131 Å². The lowest BCUT2D eigenvalue weighted by Gasteiger charge is -2.33. The largest absolute Gasteiger partial charge is 0.383 e. The van der Waals surface area contributed by atoms with Crippen molar-refractivity contribution in [1.29, 1.82) is 0 Å². The zero-order chi connectivity index (χ0) is 15.1. The average molecular weight is 315 g/mol. The maximum atomic E-state index is 13.3. The summed E-state index contributed by atoms with van der Waals surface area (Å²) in [7, 11) is 1.72. The number of benzene rings is 1. The highest BCUT2D eigenvalue weighted by molar-refractivity contribution is 6.31. The molecule has 0 radical (unpaired) electrons. The molecule has 118 valence electrons. The number of piperidine rings is 1. The fourth-order valence-corrected chi connectivity index (χ4v) is 3.02. The van der Waals surface area contributed by atoms with Crippen LogP contribution in [0, 0.1) is 11.7 Å². The summed E-state index contributed by atoms with van der Waals surface area (Å²) in [5.74, 6) is 0.423. The van der Waals surface area contributed by atoms with Crippen LogP contribution in [0.25, 0.3) is 0 Å². The Balaban J connectivity index is 1.82. The van der Waals surface area contributed by atoms with Crippen LogP contribution >= 0.6 is 11.6 Å². The van der Waals surface area contributed by atoms with Gasteiger partial charge >= 0.3 is 0 Å². The lowest BCUT2D eigenvalue weighted by Crippen LogP contribution is -2.39. The number of methoxy groups -OCH3 is 1. The Morgan fingerprint density at radius 3 is 3.14 bits per heavy atom. The van der Waals surface area contributed by atoms with Gasteiger partial charge in [0.05, 0.1) is 6.61 Å². The molecule has 5 heteroatoms. The van der Waals surface area contributed by atoms with Crippen molar-refractivity contribution in [3.8, 4) is 0 Å². The molecule has 0 bridgehead atoms. The summed E-state index contributed by atoms with van der Waals surface area (Å²) < 4.78 is 18.4. The van der Waals surface area contributed by atoms with Crippen molar-refractivity contribution >= 4 is 11.6 Å². The van der Waals surface area contributed by atoms with Crippen LogP contribution in [0.3, 0.4) is 0 Å². The summed E-state index contributed by atoms with van der Waals surface area (Å²) in [6.07, 6.45) is 2.43. The van der Waals surface area contributed by atoms with Gasteiger partial charge in [-0.1, -0.05) is 11.6 Å². The smallest absolute Gasteiger partial charge is 0.123 e. The van der Waals surface area contributed by atoms with Crippen molar-refractivity contribution in [2.75, 3.05) is 39.9 Å². The zero-order valence-electron chi connectivity index (χ0n) is 12.6. The Bertz CT molecular complexity index is 444. The van der Waals surface area contributed by atoms with Crippen LogP contribution in [-0.2, 0) is 11.3 Å². The number of nitrogens with zero attached hydrogens (tertiary/aromatic N) is 1. The summed E-state index contributed by atoms with van der Waals surface area (Å²) >= 11 is 6.15. The topological polar surface area (TPSA) is 24.5 Å². The van der Waals surface area contributed by atoms with E-state index in [9.17, 15) is 4.39 Å². The van der Waals surface area contributed by atoms with E-state index in [2.05, 4.69) is 10.2 Å². The van der Waals surface area contributed by atoms with E-state index in [1.165, 1.54) is 18.9 Å². The molecule has 1 aromatic carbocycles. The SMILES string of the molecule is COCCNCC1CCCN(Cc2cc(F)ccc2Cl)C1. The van der Waals surface area contributed by atoms with E-state index in [4.69, 9.17) is 16.3 Å². The third kappa shape index (κ3) is 5.55.